The number of benzene rings is 1. The van der Waals surface area contributed by atoms with Crippen LogP contribution in [-0.2, 0) is 14.8 Å². The third-order valence-corrected chi connectivity index (χ3v) is 5.86. The lowest BCUT2D eigenvalue weighted by Gasteiger charge is -2.34. The fourth-order valence-electron chi connectivity index (χ4n) is 3.40. The Morgan fingerprint density at radius 3 is 2.67 bits per heavy atom. The molecule has 7 heteroatoms. The van der Waals surface area contributed by atoms with E-state index in [0.29, 0.717) is 23.9 Å². The fourth-order valence-corrected chi connectivity index (χ4v) is 4.32. The average Bonchev–Trinajstić information content (AvgIpc) is 2.58. The van der Waals surface area contributed by atoms with E-state index in [1.54, 1.807) is 24.3 Å². The van der Waals surface area contributed by atoms with E-state index in [2.05, 4.69) is 5.32 Å². The second-order valence-electron chi connectivity index (χ2n) is 6.62. The molecule has 3 rings (SSSR count). The highest BCUT2D eigenvalue weighted by Crippen LogP contribution is 2.34. The molecule has 1 aromatic rings. The number of fused-ring (bicyclic) bond motifs is 1. The average molecular weight is 352 g/mol. The van der Waals surface area contributed by atoms with Crippen molar-refractivity contribution in [3.63, 3.8) is 0 Å². The van der Waals surface area contributed by atoms with Crippen LogP contribution in [0.4, 0.5) is 5.69 Å². The van der Waals surface area contributed by atoms with Crippen LogP contribution in [0, 0.1) is 5.92 Å². The van der Waals surface area contributed by atoms with E-state index in [4.69, 9.17) is 4.74 Å². The molecule has 1 atom stereocenters. The molecular weight excluding hydrogens is 328 g/mol. The second-order valence-corrected chi connectivity index (χ2v) is 8.52. The van der Waals surface area contributed by atoms with Gasteiger partial charge in [-0.2, -0.15) is 0 Å². The molecule has 0 spiro atoms. The van der Waals surface area contributed by atoms with Crippen molar-refractivity contribution in [2.24, 2.45) is 5.92 Å². The molecule has 0 unspecified atom stereocenters. The zero-order chi connectivity index (χ0) is 17.2. The first-order chi connectivity index (χ1) is 11.4. The molecule has 0 aromatic heterocycles. The Bertz CT molecular complexity index is 698. The molecule has 132 valence electrons. The van der Waals surface area contributed by atoms with Crippen molar-refractivity contribution in [1.29, 1.82) is 0 Å². The van der Waals surface area contributed by atoms with E-state index in [0.717, 1.165) is 19.1 Å². The minimum absolute atomic E-state index is 0.00630. The Hall–Kier alpha value is -1.76. The highest BCUT2D eigenvalue weighted by atomic mass is 32.2. The normalized spacial score (nSPS) is 21.7. The van der Waals surface area contributed by atoms with Crippen LogP contribution >= 0.6 is 0 Å². The monoisotopic (exact) mass is 352 g/mol. The van der Waals surface area contributed by atoms with Crippen molar-refractivity contribution in [3.05, 3.63) is 24.3 Å². The Labute approximate surface area is 143 Å². The molecule has 0 saturated heterocycles. The summed E-state index contributed by atoms with van der Waals surface area (Å²) in [7, 11) is -3.47. The molecule has 0 radical (unpaired) electrons. The topological polar surface area (TPSA) is 75.7 Å². The molecule has 1 aliphatic carbocycles. The predicted molar refractivity (Wildman–Crippen MR) is 92.6 cm³/mol. The number of nitrogens with one attached hydrogen (secondary N) is 1. The van der Waals surface area contributed by atoms with Gasteiger partial charge in [0.1, 0.15) is 5.75 Å². The van der Waals surface area contributed by atoms with Crippen molar-refractivity contribution in [1.82, 2.24) is 5.32 Å². The summed E-state index contributed by atoms with van der Waals surface area (Å²) in [6.45, 7) is 0.644. The Morgan fingerprint density at radius 1 is 1.25 bits per heavy atom. The summed E-state index contributed by atoms with van der Waals surface area (Å²) in [5, 5.41) is 2.94. The first-order valence-electron chi connectivity index (χ1n) is 8.46. The van der Waals surface area contributed by atoms with E-state index in [9.17, 15) is 13.2 Å². The standard InChI is InChI=1S/C17H24N2O4S/c1-24(21,22)19-12-16(23-15-10-6-5-9-14(15)19)17(20)18-11-13-7-3-2-4-8-13/h5-6,9-10,13,16H,2-4,7-8,11-12H2,1H3,(H,18,20)/t16-/m0/s1. The summed E-state index contributed by atoms with van der Waals surface area (Å²) in [5.41, 5.74) is 0.483. The van der Waals surface area contributed by atoms with Gasteiger partial charge in [-0.25, -0.2) is 8.42 Å². The summed E-state index contributed by atoms with van der Waals surface area (Å²) in [5.74, 6) is 0.695. The Morgan fingerprint density at radius 2 is 1.96 bits per heavy atom. The molecule has 2 aliphatic rings. The number of nitrogens with zero attached hydrogens (tertiary/aromatic N) is 1. The predicted octanol–water partition coefficient (Wildman–Crippen LogP) is 1.91. The third-order valence-electron chi connectivity index (χ3n) is 4.72. The maximum Gasteiger partial charge on any atom is 0.263 e. The van der Waals surface area contributed by atoms with Crippen LogP contribution in [0.5, 0.6) is 5.75 Å². The lowest BCUT2D eigenvalue weighted by molar-refractivity contribution is -0.128. The van der Waals surface area contributed by atoms with Crippen LogP contribution in [0.15, 0.2) is 24.3 Å². The number of carbonyl (C=O) groups is 1. The summed E-state index contributed by atoms with van der Waals surface area (Å²) >= 11 is 0. The fraction of sp³-hybridized carbons (Fsp3) is 0.588. The van der Waals surface area contributed by atoms with Crippen molar-refractivity contribution >= 4 is 21.6 Å². The molecule has 1 heterocycles. The van der Waals surface area contributed by atoms with Crippen molar-refractivity contribution in [2.75, 3.05) is 23.7 Å². The first-order valence-corrected chi connectivity index (χ1v) is 10.3. The van der Waals surface area contributed by atoms with Gasteiger partial charge in [0.2, 0.25) is 10.0 Å². The summed E-state index contributed by atoms with van der Waals surface area (Å²) in [6, 6.07) is 6.89. The van der Waals surface area contributed by atoms with Gasteiger partial charge in [-0.15, -0.1) is 0 Å². The maximum absolute atomic E-state index is 12.5. The molecule has 1 fully saturated rings. The van der Waals surface area contributed by atoms with Crippen LogP contribution in [-0.4, -0.2) is 39.8 Å². The molecule has 24 heavy (non-hydrogen) atoms. The minimum Gasteiger partial charge on any atom is -0.476 e. The van der Waals surface area contributed by atoms with E-state index in [1.165, 1.54) is 23.6 Å². The van der Waals surface area contributed by atoms with Crippen molar-refractivity contribution < 1.29 is 17.9 Å². The van der Waals surface area contributed by atoms with Gasteiger partial charge in [0.05, 0.1) is 18.5 Å². The summed E-state index contributed by atoms with van der Waals surface area (Å²) in [6.07, 6.45) is 6.32. The van der Waals surface area contributed by atoms with Crippen molar-refractivity contribution in [2.45, 2.75) is 38.2 Å². The number of anilines is 1. The van der Waals surface area contributed by atoms with Gasteiger partial charge in [0.25, 0.3) is 5.91 Å². The number of para-hydroxylation sites is 2. The molecular formula is C17H24N2O4S. The maximum atomic E-state index is 12.5. The lowest BCUT2D eigenvalue weighted by atomic mass is 9.89. The van der Waals surface area contributed by atoms with Gasteiger partial charge in [-0.05, 0) is 30.9 Å². The highest BCUT2D eigenvalue weighted by Gasteiger charge is 2.34. The third kappa shape index (κ3) is 3.83. The SMILES string of the molecule is CS(=O)(=O)N1C[C@@H](C(=O)NCC2CCCCC2)Oc2ccccc21. The van der Waals surface area contributed by atoms with Gasteiger partial charge >= 0.3 is 0 Å². The quantitative estimate of drug-likeness (QED) is 0.898. The molecule has 1 saturated carbocycles. The molecule has 1 aromatic carbocycles. The van der Waals surface area contributed by atoms with Crippen LogP contribution in [0.1, 0.15) is 32.1 Å². The Kier molecular flexibility index (Phi) is 4.99. The van der Waals surface area contributed by atoms with Crippen LogP contribution in [0.2, 0.25) is 0 Å². The first kappa shape index (κ1) is 17.1. The number of carbonyl (C=O) groups excluding carboxylic acids is 1. The van der Waals surface area contributed by atoms with Gasteiger partial charge < -0.3 is 10.1 Å². The summed E-state index contributed by atoms with van der Waals surface area (Å²) in [4.78, 5) is 12.5. The van der Waals surface area contributed by atoms with E-state index in [-0.39, 0.29) is 12.5 Å². The van der Waals surface area contributed by atoms with Gasteiger partial charge in [-0.1, -0.05) is 31.4 Å². The number of hydrogen-bond acceptors (Lipinski definition) is 4. The zero-order valence-electron chi connectivity index (χ0n) is 13.9. The number of ether oxygens (including phenoxy) is 1. The molecule has 1 N–H and O–H groups in total. The van der Waals surface area contributed by atoms with Crippen LogP contribution < -0.4 is 14.4 Å². The largest absolute Gasteiger partial charge is 0.476 e. The smallest absolute Gasteiger partial charge is 0.263 e. The number of amides is 1. The van der Waals surface area contributed by atoms with Gasteiger partial charge in [-0.3, -0.25) is 9.10 Å². The molecule has 1 amide bonds. The number of sulfonamides is 1. The second kappa shape index (κ2) is 7.01. The Balaban J connectivity index is 1.69. The van der Waals surface area contributed by atoms with Gasteiger partial charge in [0.15, 0.2) is 6.10 Å². The molecule has 6 nitrogen and oxygen atoms in total. The molecule has 1 aliphatic heterocycles. The number of hydrogen-bond donors (Lipinski definition) is 1. The zero-order valence-corrected chi connectivity index (χ0v) is 14.7. The van der Waals surface area contributed by atoms with E-state index in [1.807, 2.05) is 0 Å². The van der Waals surface area contributed by atoms with Crippen LogP contribution in [0.25, 0.3) is 0 Å². The van der Waals surface area contributed by atoms with Crippen LogP contribution in [0.3, 0.4) is 0 Å². The molecule has 0 bridgehead atoms. The van der Waals surface area contributed by atoms with Crippen molar-refractivity contribution in [3.8, 4) is 5.75 Å². The number of rotatable bonds is 4. The van der Waals surface area contributed by atoms with E-state index >= 15 is 0 Å². The van der Waals surface area contributed by atoms with Gasteiger partial charge in [0, 0.05) is 6.54 Å². The highest BCUT2D eigenvalue weighted by molar-refractivity contribution is 7.92. The summed E-state index contributed by atoms with van der Waals surface area (Å²) < 4.78 is 31.1. The van der Waals surface area contributed by atoms with E-state index < -0.39 is 16.1 Å². The minimum atomic E-state index is -3.47. The lowest BCUT2D eigenvalue weighted by Crippen LogP contribution is -2.51.